The summed E-state index contributed by atoms with van der Waals surface area (Å²) in [5.74, 6) is -2.47. The number of ether oxygens (including phenoxy) is 2. The van der Waals surface area contributed by atoms with Crippen LogP contribution in [0.15, 0.2) is 60.8 Å². The number of hydrogen-bond acceptors (Lipinski definition) is 4. The van der Waals surface area contributed by atoms with Crippen molar-refractivity contribution in [3.63, 3.8) is 0 Å². The van der Waals surface area contributed by atoms with E-state index in [2.05, 4.69) is 4.98 Å². The zero-order valence-corrected chi connectivity index (χ0v) is 14.4. The quantitative estimate of drug-likeness (QED) is 0.482. The summed E-state index contributed by atoms with van der Waals surface area (Å²) in [6.07, 6.45) is 5.37. The van der Waals surface area contributed by atoms with Gasteiger partial charge in [0, 0.05) is 6.20 Å². The number of esters is 1. The number of halogens is 2. The Morgan fingerprint density at radius 2 is 1.81 bits per heavy atom. The van der Waals surface area contributed by atoms with Crippen molar-refractivity contribution in [2.75, 3.05) is 7.11 Å². The molecule has 0 saturated carbocycles. The first kappa shape index (κ1) is 18.3. The van der Waals surface area contributed by atoms with Crippen molar-refractivity contribution < 1.29 is 23.0 Å². The third-order valence-electron chi connectivity index (χ3n) is 3.68. The first-order valence-electron chi connectivity index (χ1n) is 8.01. The molecule has 1 aromatic heterocycles. The van der Waals surface area contributed by atoms with Crippen molar-refractivity contribution in [3.05, 3.63) is 89.2 Å². The van der Waals surface area contributed by atoms with Crippen molar-refractivity contribution >= 4 is 18.1 Å². The summed E-state index contributed by atoms with van der Waals surface area (Å²) in [5.41, 5.74) is 1.51. The van der Waals surface area contributed by atoms with Crippen LogP contribution in [0, 0.1) is 11.6 Å². The highest BCUT2D eigenvalue weighted by Gasteiger charge is 2.14. The summed E-state index contributed by atoms with van der Waals surface area (Å²) < 4.78 is 36.8. The third kappa shape index (κ3) is 4.55. The molecule has 0 saturated heterocycles. The topological polar surface area (TPSA) is 48.4 Å². The predicted octanol–water partition coefficient (Wildman–Crippen LogP) is 4.76. The van der Waals surface area contributed by atoms with Crippen molar-refractivity contribution in [3.8, 4) is 11.5 Å². The Balaban J connectivity index is 1.78. The molecule has 0 fully saturated rings. The largest absolute Gasteiger partial charge is 0.493 e. The van der Waals surface area contributed by atoms with E-state index in [0.717, 1.165) is 29.5 Å². The maximum absolute atomic E-state index is 13.3. The maximum atomic E-state index is 13.3. The summed E-state index contributed by atoms with van der Waals surface area (Å²) in [6, 6.07) is 13.4. The van der Waals surface area contributed by atoms with E-state index in [4.69, 9.17) is 9.47 Å². The van der Waals surface area contributed by atoms with Crippen LogP contribution in [0.25, 0.3) is 12.2 Å². The number of aromatic nitrogens is 1. The second-order valence-electron chi connectivity index (χ2n) is 5.52. The van der Waals surface area contributed by atoms with E-state index < -0.39 is 17.6 Å². The Labute approximate surface area is 154 Å². The minimum Gasteiger partial charge on any atom is -0.493 e. The highest BCUT2D eigenvalue weighted by atomic mass is 19.2. The number of methoxy groups -OCH3 is 1. The van der Waals surface area contributed by atoms with Gasteiger partial charge in [-0.3, -0.25) is 4.98 Å². The van der Waals surface area contributed by atoms with Crippen LogP contribution in [0.1, 0.15) is 21.6 Å². The molecule has 2 aromatic carbocycles. The smallest absolute Gasteiger partial charge is 0.343 e. The van der Waals surface area contributed by atoms with E-state index in [9.17, 15) is 13.6 Å². The maximum Gasteiger partial charge on any atom is 0.343 e. The van der Waals surface area contributed by atoms with E-state index in [1.807, 2.05) is 30.4 Å². The van der Waals surface area contributed by atoms with Crippen LogP contribution in [-0.2, 0) is 0 Å². The molecule has 0 N–H and O–H groups in total. The predicted molar refractivity (Wildman–Crippen MR) is 97.5 cm³/mol. The van der Waals surface area contributed by atoms with Crippen LogP contribution >= 0.6 is 0 Å². The lowest BCUT2D eigenvalue weighted by molar-refractivity contribution is 0.0729. The molecule has 0 unspecified atom stereocenters. The summed E-state index contributed by atoms with van der Waals surface area (Å²) >= 11 is 0. The SMILES string of the molecule is COc1cc(/C=C/c2ccccn2)ccc1OC(=O)c1ccc(F)c(F)c1. The molecule has 0 bridgehead atoms. The Bertz CT molecular complexity index is 988. The highest BCUT2D eigenvalue weighted by molar-refractivity contribution is 5.91. The molecule has 4 nitrogen and oxygen atoms in total. The summed E-state index contributed by atoms with van der Waals surface area (Å²) in [7, 11) is 1.44. The van der Waals surface area contributed by atoms with E-state index in [-0.39, 0.29) is 11.3 Å². The molecule has 136 valence electrons. The molecule has 0 atom stereocenters. The Morgan fingerprint density at radius 3 is 2.52 bits per heavy atom. The molecule has 0 radical (unpaired) electrons. The average molecular weight is 367 g/mol. The fourth-order valence-electron chi connectivity index (χ4n) is 2.31. The van der Waals surface area contributed by atoms with Crippen LogP contribution in [-0.4, -0.2) is 18.1 Å². The first-order chi connectivity index (χ1) is 13.1. The number of pyridine rings is 1. The fourth-order valence-corrected chi connectivity index (χ4v) is 2.31. The zero-order valence-electron chi connectivity index (χ0n) is 14.4. The number of carbonyl (C=O) groups is 1. The fraction of sp³-hybridized carbons (Fsp3) is 0.0476. The molecule has 0 amide bonds. The van der Waals surface area contributed by atoms with Crippen molar-refractivity contribution in [1.82, 2.24) is 4.98 Å². The monoisotopic (exact) mass is 367 g/mol. The number of rotatable bonds is 5. The molecule has 6 heteroatoms. The zero-order chi connectivity index (χ0) is 19.2. The summed E-state index contributed by atoms with van der Waals surface area (Å²) in [6.45, 7) is 0. The van der Waals surface area contributed by atoms with Gasteiger partial charge in [0.2, 0.25) is 0 Å². The van der Waals surface area contributed by atoms with Gasteiger partial charge in [0.25, 0.3) is 0 Å². The highest BCUT2D eigenvalue weighted by Crippen LogP contribution is 2.29. The van der Waals surface area contributed by atoms with E-state index in [0.29, 0.717) is 5.75 Å². The van der Waals surface area contributed by atoms with Gasteiger partial charge in [-0.1, -0.05) is 18.2 Å². The second-order valence-corrected chi connectivity index (χ2v) is 5.52. The van der Waals surface area contributed by atoms with Gasteiger partial charge in [0.05, 0.1) is 18.4 Å². The minimum atomic E-state index is -1.12. The van der Waals surface area contributed by atoms with Gasteiger partial charge in [-0.2, -0.15) is 0 Å². The Hall–Kier alpha value is -3.54. The van der Waals surface area contributed by atoms with Crippen molar-refractivity contribution in [2.24, 2.45) is 0 Å². The van der Waals surface area contributed by atoms with Gasteiger partial charge < -0.3 is 9.47 Å². The number of carbonyl (C=O) groups excluding carboxylic acids is 1. The van der Waals surface area contributed by atoms with Gasteiger partial charge in [0.15, 0.2) is 23.1 Å². The normalized spacial score (nSPS) is 10.8. The Morgan fingerprint density at radius 1 is 0.963 bits per heavy atom. The number of hydrogen-bond donors (Lipinski definition) is 0. The molecular formula is C21H15F2NO3. The molecule has 1 heterocycles. The molecule has 0 aliphatic carbocycles. The molecular weight excluding hydrogens is 352 g/mol. The van der Waals surface area contributed by atoms with Crippen LogP contribution in [0.4, 0.5) is 8.78 Å². The molecule has 0 aliphatic rings. The Kier molecular flexibility index (Phi) is 5.56. The molecule has 0 aliphatic heterocycles. The van der Waals surface area contributed by atoms with E-state index in [1.54, 1.807) is 24.4 Å². The number of benzene rings is 2. The molecule has 3 aromatic rings. The molecule has 3 rings (SSSR count). The minimum absolute atomic E-state index is 0.102. The van der Waals surface area contributed by atoms with Crippen LogP contribution in [0.2, 0.25) is 0 Å². The third-order valence-corrected chi connectivity index (χ3v) is 3.68. The lowest BCUT2D eigenvalue weighted by Crippen LogP contribution is -2.10. The van der Waals surface area contributed by atoms with Gasteiger partial charge >= 0.3 is 5.97 Å². The van der Waals surface area contributed by atoms with Crippen molar-refractivity contribution in [1.29, 1.82) is 0 Å². The summed E-state index contributed by atoms with van der Waals surface area (Å²) in [5, 5.41) is 0. The lowest BCUT2D eigenvalue weighted by Gasteiger charge is -2.10. The van der Waals surface area contributed by atoms with E-state index in [1.165, 1.54) is 7.11 Å². The average Bonchev–Trinajstić information content (AvgIpc) is 2.70. The van der Waals surface area contributed by atoms with Gasteiger partial charge in [-0.15, -0.1) is 0 Å². The second kappa shape index (κ2) is 8.23. The van der Waals surface area contributed by atoms with Crippen LogP contribution in [0.5, 0.6) is 11.5 Å². The lowest BCUT2D eigenvalue weighted by atomic mass is 10.1. The standard InChI is InChI=1S/C21H15F2NO3/c1-26-20-12-14(5-8-16-4-2-3-11-24-16)6-10-19(20)27-21(25)15-7-9-17(22)18(23)13-15/h2-13H,1H3/b8-5+. The number of nitrogens with zero attached hydrogens (tertiary/aromatic N) is 1. The van der Waals surface area contributed by atoms with Crippen molar-refractivity contribution in [2.45, 2.75) is 0 Å². The molecule has 27 heavy (non-hydrogen) atoms. The van der Waals surface area contributed by atoms with Gasteiger partial charge in [0.1, 0.15) is 0 Å². The first-order valence-corrected chi connectivity index (χ1v) is 8.01. The van der Waals surface area contributed by atoms with E-state index >= 15 is 0 Å². The van der Waals surface area contributed by atoms with Gasteiger partial charge in [-0.05, 0) is 54.1 Å². The molecule has 0 spiro atoms. The summed E-state index contributed by atoms with van der Waals surface area (Å²) in [4.78, 5) is 16.3. The van der Waals surface area contributed by atoms with Gasteiger partial charge in [-0.25, -0.2) is 13.6 Å². The van der Waals surface area contributed by atoms with Crippen LogP contribution in [0.3, 0.4) is 0 Å². The van der Waals surface area contributed by atoms with Crippen LogP contribution < -0.4 is 9.47 Å².